The summed E-state index contributed by atoms with van der Waals surface area (Å²) in [6.07, 6.45) is 2.67. The highest BCUT2D eigenvalue weighted by Crippen LogP contribution is 2.20. The minimum atomic E-state index is 0.284. The number of likely N-dealkylation sites (tertiary alicyclic amines) is 1. The first kappa shape index (κ1) is 16.7. The molecule has 0 spiro atoms. The molecule has 0 radical (unpaired) electrons. The van der Waals surface area contributed by atoms with Gasteiger partial charge in [-0.1, -0.05) is 68.4 Å². The molecular weight excluding hydrogens is 294 g/mol. The van der Waals surface area contributed by atoms with Crippen molar-refractivity contribution in [3.05, 3.63) is 76.9 Å². The summed E-state index contributed by atoms with van der Waals surface area (Å²) in [5, 5.41) is 0. The molecule has 2 nitrogen and oxygen atoms in total. The lowest BCUT2D eigenvalue weighted by molar-refractivity contribution is -0.117. The number of rotatable bonds is 4. The highest BCUT2D eigenvalue weighted by molar-refractivity contribution is 6.00. The second-order valence-corrected chi connectivity index (χ2v) is 6.86. The van der Waals surface area contributed by atoms with Crippen LogP contribution in [-0.4, -0.2) is 23.8 Å². The van der Waals surface area contributed by atoms with Gasteiger partial charge in [0.05, 0.1) is 0 Å². The maximum absolute atomic E-state index is 12.3. The molecule has 1 fully saturated rings. The van der Waals surface area contributed by atoms with E-state index in [1.54, 1.807) is 0 Å². The number of carbonyl (C=O) groups is 1. The summed E-state index contributed by atoms with van der Waals surface area (Å²) in [5.41, 5.74) is 4.67. The smallest absolute Gasteiger partial charge is 0.161 e. The predicted octanol–water partition coefficient (Wildman–Crippen LogP) is 4.67. The van der Waals surface area contributed by atoms with Gasteiger partial charge in [0.2, 0.25) is 0 Å². The van der Waals surface area contributed by atoms with Crippen LogP contribution in [0.3, 0.4) is 0 Å². The molecule has 0 amide bonds. The first-order valence-electron chi connectivity index (χ1n) is 8.72. The van der Waals surface area contributed by atoms with Gasteiger partial charge in [-0.15, -0.1) is 0 Å². The van der Waals surface area contributed by atoms with Gasteiger partial charge in [-0.05, 0) is 28.7 Å². The van der Waals surface area contributed by atoms with Crippen molar-refractivity contribution < 1.29 is 4.79 Å². The standard InChI is InChI=1S/C22H25NO/c1-17(2)20-10-8-18(9-11-20)14-21-16-23(13-12-22(21)24)15-19-6-4-3-5-7-19/h3-11,14,17H,12-13,15-16H2,1-2H3/b21-14+. The van der Waals surface area contributed by atoms with Gasteiger partial charge in [0.25, 0.3) is 0 Å². The lowest BCUT2D eigenvalue weighted by Crippen LogP contribution is -2.35. The Labute approximate surface area is 144 Å². The van der Waals surface area contributed by atoms with E-state index in [0.717, 1.165) is 30.8 Å². The summed E-state index contributed by atoms with van der Waals surface area (Å²) in [6, 6.07) is 19.0. The van der Waals surface area contributed by atoms with Crippen LogP contribution >= 0.6 is 0 Å². The van der Waals surface area contributed by atoms with E-state index in [2.05, 4.69) is 73.4 Å². The van der Waals surface area contributed by atoms with Gasteiger partial charge >= 0.3 is 0 Å². The molecule has 0 atom stereocenters. The van der Waals surface area contributed by atoms with Gasteiger partial charge in [-0.25, -0.2) is 0 Å². The summed E-state index contributed by atoms with van der Waals surface area (Å²) in [5.74, 6) is 0.816. The fraction of sp³-hybridized carbons (Fsp3) is 0.318. The second-order valence-electron chi connectivity index (χ2n) is 6.86. The largest absolute Gasteiger partial charge is 0.294 e. The second kappa shape index (κ2) is 7.59. The zero-order chi connectivity index (χ0) is 16.9. The summed E-state index contributed by atoms with van der Waals surface area (Å²) in [7, 11) is 0. The molecule has 0 N–H and O–H groups in total. The van der Waals surface area contributed by atoms with Crippen molar-refractivity contribution in [2.24, 2.45) is 0 Å². The van der Waals surface area contributed by atoms with E-state index >= 15 is 0 Å². The molecule has 0 aromatic heterocycles. The van der Waals surface area contributed by atoms with Gasteiger partial charge in [-0.2, -0.15) is 0 Å². The van der Waals surface area contributed by atoms with Crippen LogP contribution in [0.5, 0.6) is 0 Å². The summed E-state index contributed by atoms with van der Waals surface area (Å²) < 4.78 is 0. The van der Waals surface area contributed by atoms with Gasteiger partial charge in [0, 0.05) is 31.6 Å². The van der Waals surface area contributed by atoms with Crippen LogP contribution in [0.4, 0.5) is 0 Å². The summed E-state index contributed by atoms with van der Waals surface area (Å²) >= 11 is 0. The van der Waals surface area contributed by atoms with Crippen molar-refractivity contribution in [3.63, 3.8) is 0 Å². The minimum Gasteiger partial charge on any atom is -0.294 e. The number of hydrogen-bond donors (Lipinski definition) is 0. The fourth-order valence-corrected chi connectivity index (χ4v) is 3.11. The first-order chi connectivity index (χ1) is 11.6. The summed E-state index contributed by atoms with van der Waals surface area (Å²) in [4.78, 5) is 14.6. The number of carbonyl (C=O) groups excluding carboxylic acids is 1. The van der Waals surface area contributed by atoms with Crippen molar-refractivity contribution in [2.45, 2.75) is 32.7 Å². The van der Waals surface area contributed by atoms with E-state index in [9.17, 15) is 4.79 Å². The monoisotopic (exact) mass is 319 g/mol. The molecule has 2 heteroatoms. The van der Waals surface area contributed by atoms with Crippen molar-refractivity contribution in [1.82, 2.24) is 4.90 Å². The van der Waals surface area contributed by atoms with Crippen molar-refractivity contribution in [2.75, 3.05) is 13.1 Å². The van der Waals surface area contributed by atoms with Crippen LogP contribution in [0.2, 0.25) is 0 Å². The van der Waals surface area contributed by atoms with E-state index < -0.39 is 0 Å². The maximum atomic E-state index is 12.3. The van der Waals surface area contributed by atoms with Crippen LogP contribution in [-0.2, 0) is 11.3 Å². The fourth-order valence-electron chi connectivity index (χ4n) is 3.11. The Morgan fingerprint density at radius 1 is 1.04 bits per heavy atom. The molecule has 2 aromatic rings. The Morgan fingerprint density at radius 2 is 1.75 bits per heavy atom. The lowest BCUT2D eigenvalue weighted by Gasteiger charge is -2.27. The molecule has 1 aliphatic rings. The first-order valence-corrected chi connectivity index (χ1v) is 8.72. The molecule has 0 aliphatic carbocycles. The SMILES string of the molecule is CC(C)c1ccc(/C=C2\CN(Cc3ccccc3)CCC2=O)cc1. The molecule has 1 saturated heterocycles. The number of ketones is 1. The van der Waals surface area contributed by atoms with E-state index in [1.807, 2.05) is 6.07 Å². The van der Waals surface area contributed by atoms with Gasteiger partial charge in [-0.3, -0.25) is 9.69 Å². The number of Topliss-reactive ketones (excluding diaryl/α,β-unsaturated/α-hetero) is 1. The quantitative estimate of drug-likeness (QED) is 0.763. The Hall–Kier alpha value is -2.19. The molecule has 3 rings (SSSR count). The van der Waals surface area contributed by atoms with E-state index in [0.29, 0.717) is 12.3 Å². The number of nitrogens with zero attached hydrogens (tertiary/aromatic N) is 1. The third kappa shape index (κ3) is 4.21. The minimum absolute atomic E-state index is 0.284. The van der Waals surface area contributed by atoms with Crippen LogP contribution in [0, 0.1) is 0 Å². The third-order valence-corrected chi connectivity index (χ3v) is 4.60. The molecule has 24 heavy (non-hydrogen) atoms. The normalized spacial score (nSPS) is 17.6. The van der Waals surface area contributed by atoms with Crippen molar-refractivity contribution >= 4 is 11.9 Å². The maximum Gasteiger partial charge on any atom is 0.161 e. The zero-order valence-corrected chi connectivity index (χ0v) is 14.5. The lowest BCUT2D eigenvalue weighted by atomic mass is 9.97. The zero-order valence-electron chi connectivity index (χ0n) is 14.5. The molecule has 2 aromatic carbocycles. The molecule has 0 bridgehead atoms. The Balaban J connectivity index is 1.72. The molecule has 0 unspecified atom stereocenters. The van der Waals surface area contributed by atoms with Crippen LogP contribution < -0.4 is 0 Å². The molecule has 1 aliphatic heterocycles. The predicted molar refractivity (Wildman–Crippen MR) is 99.9 cm³/mol. The Bertz CT molecular complexity index is 713. The Kier molecular flexibility index (Phi) is 5.27. The molecular formula is C22H25NO. The average molecular weight is 319 g/mol. The van der Waals surface area contributed by atoms with Crippen LogP contribution in [0.25, 0.3) is 6.08 Å². The number of hydrogen-bond acceptors (Lipinski definition) is 2. The van der Waals surface area contributed by atoms with Crippen LogP contribution in [0.1, 0.15) is 42.9 Å². The third-order valence-electron chi connectivity index (χ3n) is 4.60. The highest BCUT2D eigenvalue weighted by atomic mass is 16.1. The topological polar surface area (TPSA) is 20.3 Å². The molecule has 1 heterocycles. The van der Waals surface area contributed by atoms with Crippen molar-refractivity contribution in [1.29, 1.82) is 0 Å². The molecule has 0 saturated carbocycles. The van der Waals surface area contributed by atoms with E-state index in [1.165, 1.54) is 11.1 Å². The Morgan fingerprint density at radius 3 is 2.42 bits per heavy atom. The summed E-state index contributed by atoms with van der Waals surface area (Å²) in [6.45, 7) is 6.87. The van der Waals surface area contributed by atoms with Crippen molar-refractivity contribution in [3.8, 4) is 0 Å². The highest BCUT2D eigenvalue weighted by Gasteiger charge is 2.21. The van der Waals surface area contributed by atoms with Gasteiger partial charge < -0.3 is 0 Å². The van der Waals surface area contributed by atoms with Crippen LogP contribution in [0.15, 0.2) is 60.2 Å². The van der Waals surface area contributed by atoms with E-state index in [-0.39, 0.29) is 5.78 Å². The van der Waals surface area contributed by atoms with Gasteiger partial charge in [0.1, 0.15) is 0 Å². The van der Waals surface area contributed by atoms with Gasteiger partial charge in [0.15, 0.2) is 5.78 Å². The number of piperidine rings is 1. The number of benzene rings is 2. The molecule has 124 valence electrons. The van der Waals surface area contributed by atoms with E-state index in [4.69, 9.17) is 0 Å². The average Bonchev–Trinajstić information content (AvgIpc) is 2.59.